The number of ketones is 1. The Balaban J connectivity index is 2.63. The van der Waals surface area contributed by atoms with Crippen molar-refractivity contribution in [2.45, 2.75) is 33.1 Å². The highest BCUT2D eigenvalue weighted by atomic mass is 16.1. The Labute approximate surface area is 78.0 Å². The van der Waals surface area contributed by atoms with Gasteiger partial charge in [0.05, 0.1) is 0 Å². The molecule has 2 nitrogen and oxygen atoms in total. The predicted octanol–water partition coefficient (Wildman–Crippen LogP) is 2.22. The minimum Gasteiger partial charge on any atom is -0.292 e. The summed E-state index contributed by atoms with van der Waals surface area (Å²) in [5, 5.41) is 0. The van der Waals surface area contributed by atoms with Crippen LogP contribution >= 0.6 is 0 Å². The molecule has 0 radical (unpaired) electrons. The van der Waals surface area contributed by atoms with Crippen LogP contribution in [0.1, 0.15) is 40.0 Å². The molecule has 0 aromatic carbocycles. The minimum absolute atomic E-state index is 0.212. The van der Waals surface area contributed by atoms with E-state index in [2.05, 4.69) is 11.9 Å². The lowest BCUT2D eigenvalue weighted by atomic mass is 9.90. The molecule has 0 N–H and O–H groups in total. The molecule has 68 valence electrons. The van der Waals surface area contributed by atoms with Crippen molar-refractivity contribution in [3.8, 4) is 0 Å². The number of aromatic nitrogens is 1. The van der Waals surface area contributed by atoms with Crippen LogP contribution in [0.15, 0.2) is 6.20 Å². The Morgan fingerprint density at radius 3 is 2.85 bits per heavy atom. The Kier molecular flexibility index (Phi) is 1.91. The second-order valence-electron chi connectivity index (χ2n) is 3.67. The molecule has 0 atom stereocenters. The van der Waals surface area contributed by atoms with Crippen LogP contribution < -0.4 is 0 Å². The SMILES string of the molecule is Cc1cnc2c(c1C)CCCC2=O. The van der Waals surface area contributed by atoms with Crippen molar-refractivity contribution >= 4 is 5.78 Å². The molecule has 0 bridgehead atoms. The monoisotopic (exact) mass is 175 g/mol. The number of pyridine rings is 1. The molecule has 0 unspecified atom stereocenters. The van der Waals surface area contributed by atoms with Crippen molar-refractivity contribution in [3.05, 3.63) is 28.6 Å². The zero-order chi connectivity index (χ0) is 9.42. The third-order valence-corrected chi connectivity index (χ3v) is 2.81. The highest BCUT2D eigenvalue weighted by Crippen LogP contribution is 2.23. The summed E-state index contributed by atoms with van der Waals surface area (Å²) >= 11 is 0. The quantitative estimate of drug-likeness (QED) is 0.605. The largest absolute Gasteiger partial charge is 0.292 e. The average molecular weight is 175 g/mol. The summed E-state index contributed by atoms with van der Waals surface area (Å²) in [6.45, 7) is 4.12. The minimum atomic E-state index is 0.212. The fourth-order valence-corrected chi connectivity index (χ4v) is 1.84. The average Bonchev–Trinajstić information content (AvgIpc) is 2.12. The lowest BCUT2D eigenvalue weighted by Crippen LogP contribution is -2.14. The van der Waals surface area contributed by atoms with Crippen LogP contribution in [0.4, 0.5) is 0 Å². The summed E-state index contributed by atoms with van der Waals surface area (Å²) in [6.07, 6.45) is 4.47. The fraction of sp³-hybridized carbons (Fsp3) is 0.455. The highest BCUT2D eigenvalue weighted by molar-refractivity contribution is 5.96. The summed E-state index contributed by atoms with van der Waals surface area (Å²) in [5.74, 6) is 0.212. The summed E-state index contributed by atoms with van der Waals surface area (Å²) in [6, 6.07) is 0. The maximum absolute atomic E-state index is 11.5. The zero-order valence-corrected chi connectivity index (χ0v) is 8.05. The molecular weight excluding hydrogens is 162 g/mol. The van der Waals surface area contributed by atoms with Gasteiger partial charge in [-0.15, -0.1) is 0 Å². The van der Waals surface area contributed by atoms with Gasteiger partial charge in [0.2, 0.25) is 0 Å². The number of aryl methyl sites for hydroxylation is 1. The summed E-state index contributed by atoms with van der Waals surface area (Å²) in [7, 11) is 0. The van der Waals surface area contributed by atoms with E-state index in [0.717, 1.165) is 12.8 Å². The summed E-state index contributed by atoms with van der Waals surface area (Å²) in [5.41, 5.74) is 4.33. The first-order valence-corrected chi connectivity index (χ1v) is 4.68. The van der Waals surface area contributed by atoms with Gasteiger partial charge in [-0.3, -0.25) is 9.78 Å². The van der Waals surface area contributed by atoms with Crippen LogP contribution in [0.2, 0.25) is 0 Å². The van der Waals surface area contributed by atoms with E-state index >= 15 is 0 Å². The van der Waals surface area contributed by atoms with Crippen LogP contribution in [-0.4, -0.2) is 10.8 Å². The third kappa shape index (κ3) is 1.26. The van der Waals surface area contributed by atoms with Crippen LogP contribution in [0.5, 0.6) is 0 Å². The molecule has 1 aliphatic carbocycles. The van der Waals surface area contributed by atoms with Gasteiger partial charge in [0.1, 0.15) is 5.69 Å². The Morgan fingerprint density at radius 2 is 2.08 bits per heavy atom. The number of Topliss-reactive ketones (excluding diaryl/α,β-unsaturated/α-hetero) is 1. The maximum atomic E-state index is 11.5. The molecule has 1 aromatic heterocycles. The number of nitrogens with zero attached hydrogens (tertiary/aromatic N) is 1. The van der Waals surface area contributed by atoms with Crippen molar-refractivity contribution in [3.63, 3.8) is 0 Å². The first-order valence-electron chi connectivity index (χ1n) is 4.68. The van der Waals surface area contributed by atoms with E-state index < -0.39 is 0 Å². The molecule has 1 aliphatic rings. The molecular formula is C11H13NO. The van der Waals surface area contributed by atoms with E-state index in [1.54, 1.807) is 6.20 Å². The van der Waals surface area contributed by atoms with E-state index in [0.29, 0.717) is 12.1 Å². The van der Waals surface area contributed by atoms with Gasteiger partial charge in [-0.25, -0.2) is 0 Å². The number of carbonyl (C=O) groups is 1. The Morgan fingerprint density at radius 1 is 1.31 bits per heavy atom. The van der Waals surface area contributed by atoms with Gasteiger partial charge in [-0.05, 0) is 43.4 Å². The molecule has 2 heteroatoms. The van der Waals surface area contributed by atoms with Gasteiger partial charge in [0, 0.05) is 12.6 Å². The lowest BCUT2D eigenvalue weighted by molar-refractivity contribution is 0.0967. The van der Waals surface area contributed by atoms with Crippen molar-refractivity contribution in [1.29, 1.82) is 0 Å². The molecule has 0 saturated carbocycles. The summed E-state index contributed by atoms with van der Waals surface area (Å²) in [4.78, 5) is 15.7. The van der Waals surface area contributed by atoms with E-state index in [1.807, 2.05) is 6.92 Å². The molecule has 0 spiro atoms. The van der Waals surface area contributed by atoms with Crippen LogP contribution in [-0.2, 0) is 6.42 Å². The zero-order valence-electron chi connectivity index (χ0n) is 8.05. The molecule has 2 rings (SSSR count). The fourth-order valence-electron chi connectivity index (χ4n) is 1.84. The van der Waals surface area contributed by atoms with Gasteiger partial charge in [0.25, 0.3) is 0 Å². The third-order valence-electron chi connectivity index (χ3n) is 2.81. The number of fused-ring (bicyclic) bond motifs is 1. The number of hydrogen-bond acceptors (Lipinski definition) is 2. The second-order valence-corrected chi connectivity index (χ2v) is 3.67. The standard InChI is InChI=1S/C11H13NO/c1-7-6-12-11-9(8(7)2)4-3-5-10(11)13/h6H,3-5H2,1-2H3. The molecule has 13 heavy (non-hydrogen) atoms. The van der Waals surface area contributed by atoms with Crippen molar-refractivity contribution in [2.24, 2.45) is 0 Å². The van der Waals surface area contributed by atoms with Gasteiger partial charge < -0.3 is 0 Å². The van der Waals surface area contributed by atoms with E-state index in [9.17, 15) is 4.79 Å². The van der Waals surface area contributed by atoms with Crippen LogP contribution in [0.25, 0.3) is 0 Å². The van der Waals surface area contributed by atoms with Crippen molar-refractivity contribution in [2.75, 3.05) is 0 Å². The van der Waals surface area contributed by atoms with Crippen LogP contribution in [0, 0.1) is 13.8 Å². The van der Waals surface area contributed by atoms with Crippen molar-refractivity contribution < 1.29 is 4.79 Å². The first kappa shape index (κ1) is 8.42. The number of hydrogen-bond donors (Lipinski definition) is 0. The Bertz CT molecular complexity index is 369. The van der Waals surface area contributed by atoms with E-state index in [1.165, 1.54) is 16.7 Å². The van der Waals surface area contributed by atoms with Gasteiger partial charge in [-0.1, -0.05) is 0 Å². The van der Waals surface area contributed by atoms with Gasteiger partial charge >= 0.3 is 0 Å². The molecule has 0 amide bonds. The molecule has 1 heterocycles. The molecule has 0 fully saturated rings. The lowest BCUT2D eigenvalue weighted by Gasteiger charge is -2.16. The topological polar surface area (TPSA) is 30.0 Å². The predicted molar refractivity (Wildman–Crippen MR) is 51.0 cm³/mol. The summed E-state index contributed by atoms with van der Waals surface area (Å²) < 4.78 is 0. The van der Waals surface area contributed by atoms with Crippen molar-refractivity contribution in [1.82, 2.24) is 4.98 Å². The van der Waals surface area contributed by atoms with Gasteiger partial charge in [-0.2, -0.15) is 0 Å². The highest BCUT2D eigenvalue weighted by Gasteiger charge is 2.20. The normalized spacial score (nSPS) is 15.7. The van der Waals surface area contributed by atoms with E-state index in [4.69, 9.17) is 0 Å². The molecule has 0 saturated heterocycles. The Hall–Kier alpha value is -1.18. The molecule has 0 aliphatic heterocycles. The smallest absolute Gasteiger partial charge is 0.181 e. The first-order chi connectivity index (χ1) is 6.20. The number of carbonyl (C=O) groups excluding carboxylic acids is 1. The van der Waals surface area contributed by atoms with Gasteiger partial charge in [0.15, 0.2) is 5.78 Å². The van der Waals surface area contributed by atoms with Crippen LogP contribution in [0.3, 0.4) is 0 Å². The van der Waals surface area contributed by atoms with E-state index in [-0.39, 0.29) is 5.78 Å². The molecule has 1 aromatic rings. The maximum Gasteiger partial charge on any atom is 0.181 e. The second kappa shape index (κ2) is 2.95. The number of rotatable bonds is 0.